The van der Waals surface area contributed by atoms with Gasteiger partial charge in [0.15, 0.2) is 0 Å². The van der Waals surface area contributed by atoms with E-state index in [9.17, 15) is 9.59 Å². The number of carbonyl (C=O) groups excluding carboxylic acids is 2. The smallest absolute Gasteiger partial charge is 0.221 e. The molecule has 0 spiro atoms. The van der Waals surface area contributed by atoms with Gasteiger partial charge in [0.2, 0.25) is 11.8 Å². The van der Waals surface area contributed by atoms with Crippen LogP contribution in [0.5, 0.6) is 0 Å². The zero-order valence-corrected chi connectivity index (χ0v) is 9.72. The van der Waals surface area contributed by atoms with Crippen molar-refractivity contribution in [3.8, 4) is 0 Å². The topological polar surface area (TPSA) is 70.2 Å². The van der Waals surface area contributed by atoms with Crippen LogP contribution >= 0.6 is 0 Å². The minimum Gasteiger partial charge on any atom is -0.359 e. The Kier molecular flexibility index (Phi) is 7.62. The highest BCUT2D eigenvalue weighted by atomic mass is 16.2. The Labute approximate surface area is 91.0 Å². The Morgan fingerprint density at radius 1 is 1.07 bits per heavy atom. The summed E-state index contributed by atoms with van der Waals surface area (Å²) in [5, 5.41) is 8.32. The van der Waals surface area contributed by atoms with Crippen LogP contribution < -0.4 is 16.0 Å². The lowest BCUT2D eigenvalue weighted by atomic mass is 10.3. The third-order valence-corrected chi connectivity index (χ3v) is 1.86. The Morgan fingerprint density at radius 3 is 2.20 bits per heavy atom. The molecule has 3 N–H and O–H groups in total. The maximum absolute atomic E-state index is 11.2. The van der Waals surface area contributed by atoms with Crippen LogP contribution in [-0.4, -0.2) is 38.0 Å². The van der Waals surface area contributed by atoms with Crippen molar-refractivity contribution in [1.82, 2.24) is 16.0 Å². The van der Waals surface area contributed by atoms with Gasteiger partial charge >= 0.3 is 0 Å². The van der Waals surface area contributed by atoms with E-state index in [1.54, 1.807) is 7.05 Å². The first-order valence-corrected chi connectivity index (χ1v) is 5.27. The van der Waals surface area contributed by atoms with E-state index in [-0.39, 0.29) is 11.8 Å². The van der Waals surface area contributed by atoms with Gasteiger partial charge in [-0.3, -0.25) is 9.59 Å². The van der Waals surface area contributed by atoms with Gasteiger partial charge in [-0.2, -0.15) is 0 Å². The van der Waals surface area contributed by atoms with Gasteiger partial charge in [-0.05, 0) is 0 Å². The molecule has 0 radical (unpaired) electrons. The Hall–Kier alpha value is -1.10. The minimum atomic E-state index is -0.0596. The molecule has 0 aromatic heterocycles. The largest absolute Gasteiger partial charge is 0.359 e. The van der Waals surface area contributed by atoms with E-state index in [0.717, 1.165) is 0 Å². The van der Waals surface area contributed by atoms with E-state index in [0.29, 0.717) is 32.0 Å². The van der Waals surface area contributed by atoms with Crippen LogP contribution in [0.2, 0.25) is 0 Å². The van der Waals surface area contributed by atoms with Gasteiger partial charge in [0.1, 0.15) is 0 Å². The summed E-state index contributed by atoms with van der Waals surface area (Å²) in [6.45, 7) is 5.14. The second-order valence-electron chi connectivity index (χ2n) is 3.63. The Bertz CT molecular complexity index is 205. The average Bonchev–Trinajstić information content (AvgIpc) is 2.17. The van der Waals surface area contributed by atoms with Crippen LogP contribution in [0.15, 0.2) is 0 Å². The molecule has 0 aliphatic carbocycles. The third-order valence-electron chi connectivity index (χ3n) is 1.86. The molecule has 0 fully saturated rings. The first-order chi connectivity index (χ1) is 7.06. The Balaban J connectivity index is 3.37. The van der Waals surface area contributed by atoms with Gasteiger partial charge in [-0.15, -0.1) is 0 Å². The maximum atomic E-state index is 11.2. The number of rotatable bonds is 7. The summed E-state index contributed by atoms with van der Waals surface area (Å²) in [7, 11) is 1.58. The van der Waals surface area contributed by atoms with Crippen molar-refractivity contribution in [2.75, 3.05) is 20.1 Å². The standard InChI is InChI=1S/C10H21N3O2/c1-8(2)12-6-5-10(15)13-7-4-9(14)11-3/h8,12H,4-7H2,1-3H3,(H,11,14)(H,13,15). The fourth-order valence-corrected chi connectivity index (χ4v) is 1.00. The van der Waals surface area contributed by atoms with Crippen molar-refractivity contribution in [1.29, 1.82) is 0 Å². The summed E-state index contributed by atoms with van der Waals surface area (Å²) in [6.07, 6.45) is 0.784. The molecule has 0 aliphatic rings. The lowest BCUT2D eigenvalue weighted by molar-refractivity contribution is -0.122. The predicted molar refractivity (Wildman–Crippen MR) is 59.4 cm³/mol. The zero-order valence-electron chi connectivity index (χ0n) is 9.72. The summed E-state index contributed by atoms with van der Waals surface area (Å²) in [4.78, 5) is 22.0. The molecular weight excluding hydrogens is 194 g/mol. The lowest BCUT2D eigenvalue weighted by Gasteiger charge is -2.08. The first-order valence-electron chi connectivity index (χ1n) is 5.27. The normalized spacial score (nSPS) is 10.1. The molecule has 0 bridgehead atoms. The summed E-state index contributed by atoms with van der Waals surface area (Å²) < 4.78 is 0. The summed E-state index contributed by atoms with van der Waals surface area (Å²) in [5.41, 5.74) is 0. The summed E-state index contributed by atoms with van der Waals surface area (Å²) in [6, 6.07) is 0.392. The van der Waals surface area contributed by atoms with Gasteiger partial charge < -0.3 is 16.0 Å². The van der Waals surface area contributed by atoms with Crippen LogP contribution in [0, 0.1) is 0 Å². The lowest BCUT2D eigenvalue weighted by Crippen LogP contribution is -2.32. The van der Waals surface area contributed by atoms with E-state index in [4.69, 9.17) is 0 Å². The summed E-state index contributed by atoms with van der Waals surface area (Å²) >= 11 is 0. The minimum absolute atomic E-state index is 0.0212. The SMILES string of the molecule is CNC(=O)CCNC(=O)CCNC(C)C. The molecule has 2 amide bonds. The van der Waals surface area contributed by atoms with E-state index >= 15 is 0 Å². The molecule has 0 saturated heterocycles. The van der Waals surface area contributed by atoms with E-state index < -0.39 is 0 Å². The predicted octanol–water partition coefficient (Wildman–Crippen LogP) is -0.373. The number of amides is 2. The average molecular weight is 215 g/mol. The fourth-order valence-electron chi connectivity index (χ4n) is 1.00. The molecule has 0 saturated carbocycles. The number of hydrogen-bond acceptors (Lipinski definition) is 3. The molecule has 0 aromatic rings. The molecule has 0 unspecified atom stereocenters. The van der Waals surface area contributed by atoms with Crippen LogP contribution in [0.4, 0.5) is 0 Å². The Morgan fingerprint density at radius 2 is 1.67 bits per heavy atom. The van der Waals surface area contributed by atoms with E-state index in [1.165, 1.54) is 0 Å². The van der Waals surface area contributed by atoms with Crippen molar-refractivity contribution in [3.05, 3.63) is 0 Å². The van der Waals surface area contributed by atoms with Gasteiger partial charge in [-0.25, -0.2) is 0 Å². The molecule has 5 heteroatoms. The molecule has 0 aromatic carbocycles. The van der Waals surface area contributed by atoms with Gasteiger partial charge in [0.05, 0.1) is 0 Å². The van der Waals surface area contributed by atoms with Crippen LogP contribution in [-0.2, 0) is 9.59 Å². The number of carbonyl (C=O) groups is 2. The highest BCUT2D eigenvalue weighted by molar-refractivity contribution is 5.78. The van der Waals surface area contributed by atoms with Gasteiger partial charge in [0, 0.05) is 39.0 Å². The van der Waals surface area contributed by atoms with Gasteiger partial charge in [0.25, 0.3) is 0 Å². The summed E-state index contributed by atoms with van der Waals surface area (Å²) in [5.74, 6) is -0.0809. The van der Waals surface area contributed by atoms with E-state index in [2.05, 4.69) is 16.0 Å². The fraction of sp³-hybridized carbons (Fsp3) is 0.800. The molecule has 5 nitrogen and oxygen atoms in total. The highest BCUT2D eigenvalue weighted by Crippen LogP contribution is 1.82. The quantitative estimate of drug-likeness (QED) is 0.542. The number of hydrogen-bond donors (Lipinski definition) is 3. The molecule has 0 aliphatic heterocycles. The third kappa shape index (κ3) is 9.21. The number of nitrogens with one attached hydrogen (secondary N) is 3. The molecule has 88 valence electrons. The van der Waals surface area contributed by atoms with Crippen molar-refractivity contribution >= 4 is 11.8 Å². The van der Waals surface area contributed by atoms with Crippen molar-refractivity contribution in [2.45, 2.75) is 32.7 Å². The van der Waals surface area contributed by atoms with Crippen LogP contribution in [0.1, 0.15) is 26.7 Å². The highest BCUT2D eigenvalue weighted by Gasteiger charge is 2.02. The van der Waals surface area contributed by atoms with E-state index in [1.807, 2.05) is 13.8 Å². The van der Waals surface area contributed by atoms with Crippen molar-refractivity contribution < 1.29 is 9.59 Å². The molecule has 15 heavy (non-hydrogen) atoms. The van der Waals surface area contributed by atoms with Crippen LogP contribution in [0.3, 0.4) is 0 Å². The second-order valence-corrected chi connectivity index (χ2v) is 3.63. The van der Waals surface area contributed by atoms with Crippen LogP contribution in [0.25, 0.3) is 0 Å². The first kappa shape index (κ1) is 13.9. The van der Waals surface area contributed by atoms with Gasteiger partial charge in [-0.1, -0.05) is 13.8 Å². The maximum Gasteiger partial charge on any atom is 0.221 e. The molecule has 0 rings (SSSR count). The van der Waals surface area contributed by atoms with Crippen molar-refractivity contribution in [3.63, 3.8) is 0 Å². The second kappa shape index (κ2) is 8.23. The monoisotopic (exact) mass is 215 g/mol. The molecular formula is C10H21N3O2. The zero-order chi connectivity index (χ0) is 11.7. The molecule has 0 atom stereocenters. The van der Waals surface area contributed by atoms with Crippen molar-refractivity contribution in [2.24, 2.45) is 0 Å². The molecule has 0 heterocycles.